The standard InChI is InChI=1S/C18H16BrN5O4/c1-10-15(17(27)12-4-3-5-13(19)8-12)14(9-25)20-16(10)18-21-23-24(22-18)6-7-28-11(2)26/h3-5,8-9,20H,6-7H2,1-2H3. The fraction of sp³-hybridized carbons (Fsp3) is 0.222. The van der Waals surface area contributed by atoms with Gasteiger partial charge in [0.05, 0.1) is 23.5 Å². The lowest BCUT2D eigenvalue weighted by Gasteiger charge is -2.02. The Balaban J connectivity index is 1.92. The number of H-pyrrole nitrogens is 1. The molecular weight excluding hydrogens is 430 g/mol. The van der Waals surface area contributed by atoms with E-state index in [1.807, 2.05) is 6.07 Å². The molecule has 0 unspecified atom stereocenters. The molecule has 0 amide bonds. The lowest BCUT2D eigenvalue weighted by atomic mass is 9.99. The third-order valence-electron chi connectivity index (χ3n) is 3.98. The van der Waals surface area contributed by atoms with Crippen LogP contribution in [0.25, 0.3) is 11.5 Å². The molecule has 3 aromatic rings. The number of nitrogens with zero attached hydrogens (tertiary/aromatic N) is 4. The van der Waals surface area contributed by atoms with Crippen LogP contribution in [0.3, 0.4) is 0 Å². The van der Waals surface area contributed by atoms with Crippen LogP contribution in [-0.4, -0.2) is 49.8 Å². The molecule has 144 valence electrons. The van der Waals surface area contributed by atoms with Crippen molar-refractivity contribution >= 4 is 34.0 Å². The molecule has 0 spiro atoms. The Morgan fingerprint density at radius 3 is 2.82 bits per heavy atom. The first-order valence-electron chi connectivity index (χ1n) is 8.30. The highest BCUT2D eigenvalue weighted by Crippen LogP contribution is 2.27. The number of nitrogens with one attached hydrogen (secondary N) is 1. The number of aromatic nitrogens is 5. The summed E-state index contributed by atoms with van der Waals surface area (Å²) in [5.74, 6) is -0.450. The summed E-state index contributed by atoms with van der Waals surface area (Å²) in [5.41, 5.74) is 1.84. The average Bonchev–Trinajstić information content (AvgIpc) is 3.25. The summed E-state index contributed by atoms with van der Waals surface area (Å²) in [6.45, 7) is 3.37. The summed E-state index contributed by atoms with van der Waals surface area (Å²) in [6, 6.07) is 6.92. The Hall–Kier alpha value is -3.14. The van der Waals surface area contributed by atoms with E-state index in [9.17, 15) is 14.4 Å². The second kappa shape index (κ2) is 8.26. The number of hydrogen-bond donors (Lipinski definition) is 1. The van der Waals surface area contributed by atoms with Crippen LogP contribution < -0.4 is 0 Å². The van der Waals surface area contributed by atoms with E-state index in [2.05, 4.69) is 36.3 Å². The zero-order valence-electron chi connectivity index (χ0n) is 15.1. The van der Waals surface area contributed by atoms with Crippen LogP contribution in [-0.2, 0) is 16.1 Å². The van der Waals surface area contributed by atoms with E-state index in [0.717, 1.165) is 4.47 Å². The normalized spacial score (nSPS) is 10.7. The van der Waals surface area contributed by atoms with E-state index in [0.29, 0.717) is 23.1 Å². The molecule has 1 aromatic carbocycles. The van der Waals surface area contributed by atoms with Gasteiger partial charge in [0, 0.05) is 17.0 Å². The highest BCUT2D eigenvalue weighted by atomic mass is 79.9. The number of tetrazole rings is 1. The Kier molecular flexibility index (Phi) is 5.78. The highest BCUT2D eigenvalue weighted by Gasteiger charge is 2.24. The SMILES string of the molecule is CC(=O)OCCn1nnc(-c2[nH]c(C=O)c(C(=O)c3cccc(Br)c3)c2C)n1. The van der Waals surface area contributed by atoms with Crippen molar-refractivity contribution in [2.45, 2.75) is 20.4 Å². The largest absolute Gasteiger partial charge is 0.464 e. The molecule has 0 fully saturated rings. The monoisotopic (exact) mass is 445 g/mol. The third-order valence-corrected chi connectivity index (χ3v) is 4.48. The van der Waals surface area contributed by atoms with Crippen molar-refractivity contribution in [2.75, 3.05) is 6.61 Å². The number of carbonyl (C=O) groups excluding carboxylic acids is 3. The van der Waals surface area contributed by atoms with E-state index < -0.39 is 5.97 Å². The second-order valence-electron chi connectivity index (χ2n) is 5.92. The van der Waals surface area contributed by atoms with Crippen LogP contribution in [0.2, 0.25) is 0 Å². The van der Waals surface area contributed by atoms with Crippen LogP contribution in [0.15, 0.2) is 28.7 Å². The molecule has 10 heteroatoms. The molecular formula is C18H16BrN5O4. The number of ether oxygens (including phenoxy) is 1. The van der Waals surface area contributed by atoms with Crippen molar-refractivity contribution < 1.29 is 19.1 Å². The van der Waals surface area contributed by atoms with Gasteiger partial charge in [0.25, 0.3) is 0 Å². The van der Waals surface area contributed by atoms with Gasteiger partial charge >= 0.3 is 5.97 Å². The molecule has 0 atom stereocenters. The number of aromatic amines is 1. The van der Waals surface area contributed by atoms with Crippen molar-refractivity contribution in [3.8, 4) is 11.5 Å². The Bertz CT molecular complexity index is 1060. The van der Waals surface area contributed by atoms with Crippen molar-refractivity contribution in [3.05, 3.63) is 51.1 Å². The van der Waals surface area contributed by atoms with E-state index >= 15 is 0 Å². The Morgan fingerprint density at radius 1 is 1.36 bits per heavy atom. The molecule has 0 saturated carbocycles. The number of rotatable bonds is 7. The van der Waals surface area contributed by atoms with Crippen molar-refractivity contribution in [1.82, 2.24) is 25.2 Å². The van der Waals surface area contributed by atoms with Crippen LogP contribution in [0.5, 0.6) is 0 Å². The van der Waals surface area contributed by atoms with Crippen molar-refractivity contribution in [2.24, 2.45) is 0 Å². The predicted octanol–water partition coefficient (Wildman–Crippen LogP) is 2.35. The molecule has 2 aromatic heterocycles. The summed E-state index contributed by atoms with van der Waals surface area (Å²) in [4.78, 5) is 39.5. The Morgan fingerprint density at radius 2 is 2.14 bits per heavy atom. The zero-order valence-corrected chi connectivity index (χ0v) is 16.7. The molecule has 0 aliphatic carbocycles. The van der Waals surface area contributed by atoms with Crippen LogP contribution in [0.4, 0.5) is 0 Å². The molecule has 0 saturated heterocycles. The maximum Gasteiger partial charge on any atom is 0.302 e. The van der Waals surface area contributed by atoms with Gasteiger partial charge in [0.15, 0.2) is 12.1 Å². The number of halogens is 1. The smallest absolute Gasteiger partial charge is 0.302 e. The summed E-state index contributed by atoms with van der Waals surface area (Å²) < 4.78 is 5.61. The van der Waals surface area contributed by atoms with Crippen LogP contribution in [0.1, 0.15) is 38.9 Å². The fourth-order valence-corrected chi connectivity index (χ4v) is 3.10. The average molecular weight is 446 g/mol. The van der Waals surface area contributed by atoms with Gasteiger partial charge < -0.3 is 9.72 Å². The number of benzene rings is 1. The van der Waals surface area contributed by atoms with Crippen LogP contribution >= 0.6 is 15.9 Å². The lowest BCUT2D eigenvalue weighted by Crippen LogP contribution is -2.11. The number of carbonyl (C=O) groups is 3. The molecule has 0 radical (unpaired) electrons. The van der Waals surface area contributed by atoms with Crippen molar-refractivity contribution in [1.29, 1.82) is 0 Å². The molecule has 28 heavy (non-hydrogen) atoms. The molecule has 0 bridgehead atoms. The second-order valence-corrected chi connectivity index (χ2v) is 6.84. The van der Waals surface area contributed by atoms with E-state index in [4.69, 9.17) is 4.74 Å². The molecule has 0 aliphatic heterocycles. The minimum Gasteiger partial charge on any atom is -0.464 e. The maximum atomic E-state index is 12.9. The van der Waals surface area contributed by atoms with Crippen molar-refractivity contribution in [3.63, 3.8) is 0 Å². The number of hydrogen-bond acceptors (Lipinski definition) is 7. The molecule has 1 N–H and O–H groups in total. The van der Waals surface area contributed by atoms with Gasteiger partial charge in [0.1, 0.15) is 6.61 Å². The predicted molar refractivity (Wildman–Crippen MR) is 102 cm³/mol. The third kappa shape index (κ3) is 4.06. The lowest BCUT2D eigenvalue weighted by molar-refractivity contribution is -0.141. The molecule has 0 aliphatic rings. The minimum absolute atomic E-state index is 0.112. The van der Waals surface area contributed by atoms with Crippen LogP contribution in [0, 0.1) is 6.92 Å². The number of esters is 1. The van der Waals surface area contributed by atoms with Gasteiger partial charge in [-0.05, 0) is 29.8 Å². The van der Waals surface area contributed by atoms with Gasteiger partial charge in [-0.3, -0.25) is 14.4 Å². The van der Waals surface area contributed by atoms with Gasteiger partial charge in [-0.1, -0.05) is 28.1 Å². The first-order chi connectivity index (χ1) is 13.4. The van der Waals surface area contributed by atoms with Gasteiger partial charge in [-0.25, -0.2) is 0 Å². The molecule has 9 nitrogen and oxygen atoms in total. The van der Waals surface area contributed by atoms with Gasteiger partial charge in [0.2, 0.25) is 5.82 Å². The fourth-order valence-electron chi connectivity index (χ4n) is 2.71. The van der Waals surface area contributed by atoms with Gasteiger partial charge in [-0.2, -0.15) is 4.80 Å². The minimum atomic E-state index is -0.396. The molecule has 3 rings (SSSR count). The zero-order chi connectivity index (χ0) is 20.3. The quantitative estimate of drug-likeness (QED) is 0.336. The first-order valence-corrected chi connectivity index (χ1v) is 9.09. The van der Waals surface area contributed by atoms with E-state index in [1.54, 1.807) is 25.1 Å². The number of aldehydes is 1. The Labute approximate surface area is 168 Å². The first kappa shape index (κ1) is 19.6. The topological polar surface area (TPSA) is 120 Å². The summed E-state index contributed by atoms with van der Waals surface area (Å²) in [7, 11) is 0. The van der Waals surface area contributed by atoms with Gasteiger partial charge in [-0.15, -0.1) is 10.2 Å². The number of ketones is 1. The van der Waals surface area contributed by atoms with E-state index in [-0.39, 0.29) is 36.0 Å². The summed E-state index contributed by atoms with van der Waals surface area (Å²) >= 11 is 3.34. The maximum absolute atomic E-state index is 12.9. The summed E-state index contributed by atoms with van der Waals surface area (Å²) in [5, 5.41) is 12.1. The highest BCUT2D eigenvalue weighted by molar-refractivity contribution is 9.10. The molecule has 2 heterocycles. The summed E-state index contributed by atoms with van der Waals surface area (Å²) in [6.07, 6.45) is 0.590. The van der Waals surface area contributed by atoms with E-state index in [1.165, 1.54) is 11.7 Å².